The second-order valence-electron chi connectivity index (χ2n) is 5.27. The van der Waals surface area contributed by atoms with E-state index in [0.717, 1.165) is 0 Å². The van der Waals surface area contributed by atoms with Crippen LogP contribution in [0, 0.1) is 0 Å². The number of para-hydroxylation sites is 1. The maximum atomic E-state index is 10.2. The number of aromatic hydroxyl groups is 1. The minimum absolute atomic E-state index is 0.151. The summed E-state index contributed by atoms with van der Waals surface area (Å²) in [4.78, 5) is 7.19. The van der Waals surface area contributed by atoms with Crippen LogP contribution >= 0.6 is 11.3 Å². The molecule has 0 aliphatic carbocycles. The molecular weight excluding hydrogens is 296 g/mol. The Hall–Kier alpha value is -1.85. The van der Waals surface area contributed by atoms with Gasteiger partial charge in [-0.2, -0.15) is 0 Å². The van der Waals surface area contributed by atoms with Crippen LogP contribution in [0.15, 0.2) is 40.7 Å². The van der Waals surface area contributed by atoms with Gasteiger partial charge in [0, 0.05) is 11.8 Å². The summed E-state index contributed by atoms with van der Waals surface area (Å²) in [5.74, 6) is 0.650. The summed E-state index contributed by atoms with van der Waals surface area (Å²) in [6, 6.07) is 9.99. The van der Waals surface area contributed by atoms with Crippen LogP contribution in [0.3, 0.4) is 0 Å². The molecule has 1 aromatic carbocycles. The van der Waals surface area contributed by atoms with Crippen molar-refractivity contribution in [2.45, 2.75) is 13.0 Å². The maximum Gasteiger partial charge on any atom is 0.166 e. The molecule has 118 valence electrons. The lowest BCUT2D eigenvalue weighted by Gasteiger charge is -2.18. The van der Waals surface area contributed by atoms with Crippen molar-refractivity contribution in [2.75, 3.05) is 27.2 Å². The molecule has 1 atom stereocenters. The van der Waals surface area contributed by atoms with Gasteiger partial charge in [-0.15, -0.1) is 11.3 Å². The lowest BCUT2D eigenvalue weighted by molar-refractivity contribution is -0.890. The average Bonchev–Trinajstić information content (AvgIpc) is 3.01. The van der Waals surface area contributed by atoms with Crippen LogP contribution in [-0.2, 0) is 0 Å². The number of aliphatic imine (C=N–C) groups is 1. The molecule has 1 heterocycles. The molecule has 5 heteroatoms. The van der Waals surface area contributed by atoms with Crippen molar-refractivity contribution in [3.63, 3.8) is 0 Å². The molecule has 0 saturated carbocycles. The quantitative estimate of drug-likeness (QED) is 0.768. The third-order valence-electron chi connectivity index (χ3n) is 3.43. The van der Waals surface area contributed by atoms with Crippen LogP contribution < -0.4 is 9.64 Å². The number of ether oxygens (including phenoxy) is 1. The molecule has 0 aliphatic heterocycles. The summed E-state index contributed by atoms with van der Waals surface area (Å²) < 4.78 is 5.39. The Morgan fingerprint density at radius 1 is 1.32 bits per heavy atom. The largest absolute Gasteiger partial charge is 0.504 e. The van der Waals surface area contributed by atoms with E-state index in [1.807, 2.05) is 19.1 Å². The van der Waals surface area contributed by atoms with E-state index in [-0.39, 0.29) is 5.75 Å². The van der Waals surface area contributed by atoms with E-state index in [9.17, 15) is 5.11 Å². The van der Waals surface area contributed by atoms with Crippen molar-refractivity contribution in [3.05, 3.63) is 46.2 Å². The topological polar surface area (TPSA) is 46.3 Å². The van der Waals surface area contributed by atoms with Crippen molar-refractivity contribution in [3.8, 4) is 11.5 Å². The van der Waals surface area contributed by atoms with Gasteiger partial charge in [-0.25, -0.2) is 0 Å². The molecule has 1 aromatic heterocycles. The zero-order valence-electron chi connectivity index (χ0n) is 13.2. The van der Waals surface area contributed by atoms with Crippen LogP contribution in [0.4, 0.5) is 0 Å². The van der Waals surface area contributed by atoms with Crippen molar-refractivity contribution < 1.29 is 14.7 Å². The number of nitrogens with zero attached hydrogens (tertiary/aromatic N) is 1. The molecule has 2 N–H and O–H groups in total. The van der Waals surface area contributed by atoms with Crippen LogP contribution in [0.5, 0.6) is 11.5 Å². The number of benzene rings is 1. The molecular formula is C17H23N2O2S+. The lowest BCUT2D eigenvalue weighted by Crippen LogP contribution is -3.06. The Kier molecular flexibility index (Phi) is 5.98. The Morgan fingerprint density at radius 3 is 2.77 bits per heavy atom. The number of phenolic OH excluding ortho intramolecular Hbond substituents is 1. The molecule has 0 radical (unpaired) electrons. The van der Waals surface area contributed by atoms with Gasteiger partial charge in [-0.3, -0.25) is 4.99 Å². The predicted molar refractivity (Wildman–Crippen MR) is 91.6 cm³/mol. The molecule has 22 heavy (non-hydrogen) atoms. The third kappa shape index (κ3) is 4.08. The fraction of sp³-hybridized carbons (Fsp3) is 0.353. The number of hydrogen-bond acceptors (Lipinski definition) is 4. The van der Waals surface area contributed by atoms with E-state index in [1.165, 1.54) is 9.78 Å². The number of quaternary nitrogens is 1. The Morgan fingerprint density at radius 2 is 2.14 bits per heavy atom. The van der Waals surface area contributed by atoms with E-state index >= 15 is 0 Å². The van der Waals surface area contributed by atoms with Gasteiger partial charge in [0.2, 0.25) is 0 Å². The van der Waals surface area contributed by atoms with E-state index in [2.05, 4.69) is 36.6 Å². The Balaban J connectivity index is 2.10. The number of nitrogens with one attached hydrogen (secondary N) is 1. The average molecular weight is 319 g/mol. The van der Waals surface area contributed by atoms with E-state index < -0.39 is 0 Å². The first-order valence-corrected chi connectivity index (χ1v) is 8.29. The fourth-order valence-electron chi connectivity index (χ4n) is 2.22. The van der Waals surface area contributed by atoms with Gasteiger partial charge in [0.25, 0.3) is 0 Å². The summed E-state index contributed by atoms with van der Waals surface area (Å²) in [6.45, 7) is 3.10. The highest BCUT2D eigenvalue weighted by atomic mass is 32.1. The summed E-state index contributed by atoms with van der Waals surface area (Å²) in [7, 11) is 4.26. The van der Waals surface area contributed by atoms with E-state index in [4.69, 9.17) is 4.74 Å². The highest BCUT2D eigenvalue weighted by molar-refractivity contribution is 7.10. The number of hydrogen-bond donors (Lipinski definition) is 2. The normalized spacial score (nSPS) is 12.9. The fourth-order valence-corrected chi connectivity index (χ4v) is 3.16. The monoisotopic (exact) mass is 319 g/mol. The van der Waals surface area contributed by atoms with Gasteiger partial charge in [0.15, 0.2) is 11.5 Å². The van der Waals surface area contributed by atoms with Gasteiger partial charge in [0.05, 0.1) is 32.1 Å². The summed E-state index contributed by atoms with van der Waals surface area (Å²) in [6.07, 6.45) is 1.72. The van der Waals surface area contributed by atoms with Crippen LogP contribution in [0.25, 0.3) is 0 Å². The summed E-state index contributed by atoms with van der Waals surface area (Å²) in [5, 5.41) is 12.2. The van der Waals surface area contributed by atoms with Crippen LogP contribution in [0.2, 0.25) is 0 Å². The summed E-state index contributed by atoms with van der Waals surface area (Å²) in [5.41, 5.74) is 0.685. The molecule has 0 bridgehead atoms. The van der Waals surface area contributed by atoms with Crippen molar-refractivity contribution >= 4 is 17.6 Å². The first-order valence-electron chi connectivity index (χ1n) is 7.41. The zero-order chi connectivity index (χ0) is 15.9. The minimum atomic E-state index is 0.151. The molecule has 4 nitrogen and oxygen atoms in total. The predicted octanol–water partition coefficient (Wildman–Crippen LogP) is 2.16. The number of phenols is 1. The number of rotatable bonds is 7. The molecule has 0 saturated heterocycles. The maximum absolute atomic E-state index is 10.2. The van der Waals surface area contributed by atoms with Gasteiger partial charge in [-0.05, 0) is 30.5 Å². The molecule has 2 aromatic rings. The van der Waals surface area contributed by atoms with Gasteiger partial charge in [0.1, 0.15) is 6.04 Å². The van der Waals surface area contributed by atoms with Crippen molar-refractivity contribution in [1.82, 2.24) is 0 Å². The van der Waals surface area contributed by atoms with Gasteiger partial charge in [-0.1, -0.05) is 12.1 Å². The number of likely N-dealkylation sites (N-methyl/N-ethyl adjacent to an activating group) is 1. The highest BCUT2D eigenvalue weighted by Gasteiger charge is 2.17. The zero-order valence-corrected chi connectivity index (χ0v) is 14.1. The van der Waals surface area contributed by atoms with E-state index in [1.54, 1.807) is 23.6 Å². The van der Waals surface area contributed by atoms with E-state index in [0.29, 0.717) is 30.5 Å². The van der Waals surface area contributed by atoms with Crippen LogP contribution in [0.1, 0.15) is 23.4 Å². The molecule has 0 aliphatic rings. The first-order chi connectivity index (χ1) is 10.6. The SMILES string of the molecule is CCOc1cccc(C=NC[C@@H](c2cccs2)[NH+](C)C)c1O. The standard InChI is InChI=1S/C17H22N2O2S/c1-4-21-15-8-5-7-13(17(15)20)11-18-12-14(19(2)3)16-9-6-10-22-16/h5-11,14,20H,4,12H2,1-3H3/p+1/t14-/m0/s1. The minimum Gasteiger partial charge on any atom is -0.504 e. The molecule has 0 amide bonds. The van der Waals surface area contributed by atoms with Gasteiger partial charge < -0.3 is 14.7 Å². The Labute approximate surface area is 135 Å². The smallest absolute Gasteiger partial charge is 0.166 e. The molecule has 0 unspecified atom stereocenters. The number of thiophene rings is 1. The Bertz CT molecular complexity index is 609. The third-order valence-corrected chi connectivity index (χ3v) is 4.42. The van der Waals surface area contributed by atoms with Gasteiger partial charge >= 0.3 is 0 Å². The first kappa shape index (κ1) is 16.5. The molecule has 2 rings (SSSR count). The lowest BCUT2D eigenvalue weighted by atomic mass is 10.2. The highest BCUT2D eigenvalue weighted by Crippen LogP contribution is 2.28. The van der Waals surface area contributed by atoms with Crippen molar-refractivity contribution in [2.24, 2.45) is 4.99 Å². The molecule has 0 fully saturated rings. The summed E-state index contributed by atoms with van der Waals surface area (Å²) >= 11 is 1.75. The second kappa shape index (κ2) is 7.96. The van der Waals surface area contributed by atoms with Crippen molar-refractivity contribution in [1.29, 1.82) is 0 Å². The molecule has 0 spiro atoms. The van der Waals surface area contributed by atoms with Crippen LogP contribution in [-0.4, -0.2) is 38.6 Å². The second-order valence-corrected chi connectivity index (χ2v) is 6.25.